The molecule has 0 atom stereocenters. The lowest BCUT2D eigenvalue weighted by molar-refractivity contribution is 0.0983. The Hall–Kier alpha value is -3.67. The molecule has 1 heterocycles. The lowest BCUT2D eigenvalue weighted by Crippen LogP contribution is -2.38. The van der Waals surface area contributed by atoms with Crippen molar-refractivity contribution in [2.24, 2.45) is 0 Å². The number of thiazole rings is 1. The van der Waals surface area contributed by atoms with Crippen LogP contribution < -0.4 is 18.7 Å². The molecule has 0 saturated heterocycles. The summed E-state index contributed by atoms with van der Waals surface area (Å²) in [6, 6.07) is 18.5. The highest BCUT2D eigenvalue weighted by Crippen LogP contribution is 2.40. The topological polar surface area (TPSA) is 92.3 Å². The highest BCUT2D eigenvalue weighted by atomic mass is 32.2. The minimum atomic E-state index is -3.80. The first-order chi connectivity index (χ1) is 19.2. The average Bonchev–Trinajstić information content (AvgIpc) is 3.44. The molecule has 0 unspecified atom stereocenters. The van der Waals surface area contributed by atoms with Gasteiger partial charge in [-0.05, 0) is 61.6 Å². The lowest BCUT2D eigenvalue weighted by Gasteiger charge is -2.25. The molecule has 0 fully saturated rings. The van der Waals surface area contributed by atoms with E-state index in [0.29, 0.717) is 46.5 Å². The van der Waals surface area contributed by atoms with Gasteiger partial charge in [-0.1, -0.05) is 43.4 Å². The first-order valence-corrected chi connectivity index (χ1v) is 15.2. The molecule has 4 aromatic rings. The molecular formula is C29H34N4O5S2. The fourth-order valence-corrected chi connectivity index (χ4v) is 6.61. The number of sulfonamides is 1. The van der Waals surface area contributed by atoms with Gasteiger partial charge in [0.1, 0.15) is 21.7 Å². The number of benzene rings is 3. The van der Waals surface area contributed by atoms with Crippen LogP contribution in [0.4, 0.5) is 10.8 Å². The third kappa shape index (κ3) is 5.91. The van der Waals surface area contributed by atoms with E-state index in [1.54, 1.807) is 61.6 Å². The van der Waals surface area contributed by atoms with Crippen LogP contribution in [0.3, 0.4) is 0 Å². The number of hydrogen-bond acceptors (Lipinski definition) is 8. The van der Waals surface area contributed by atoms with Crippen LogP contribution in [-0.4, -0.2) is 71.7 Å². The van der Waals surface area contributed by atoms with Gasteiger partial charge in [-0.2, -0.15) is 0 Å². The van der Waals surface area contributed by atoms with E-state index in [1.165, 1.54) is 34.8 Å². The Morgan fingerprint density at radius 1 is 0.875 bits per heavy atom. The molecule has 0 spiro atoms. The molecule has 1 aromatic heterocycles. The number of likely N-dealkylation sites (N-methyl/N-ethyl adjacent to an activating group) is 1. The molecule has 4 rings (SSSR count). The fourth-order valence-electron chi connectivity index (χ4n) is 4.32. The molecule has 0 radical (unpaired) electrons. The first kappa shape index (κ1) is 29.3. The largest absolute Gasteiger partial charge is 0.495 e. The molecule has 0 aliphatic carbocycles. The number of fused-ring (bicyclic) bond motifs is 1. The average molecular weight is 583 g/mol. The molecule has 3 aromatic carbocycles. The van der Waals surface area contributed by atoms with Gasteiger partial charge in [0.15, 0.2) is 5.13 Å². The zero-order valence-corrected chi connectivity index (χ0v) is 25.0. The number of rotatable bonds is 12. The summed E-state index contributed by atoms with van der Waals surface area (Å²) in [5.74, 6) is 0.962. The molecular weight excluding hydrogens is 548 g/mol. The van der Waals surface area contributed by atoms with Gasteiger partial charge in [-0.25, -0.2) is 13.4 Å². The summed E-state index contributed by atoms with van der Waals surface area (Å²) in [5, 5.41) is 0.510. The van der Waals surface area contributed by atoms with E-state index in [-0.39, 0.29) is 10.8 Å². The van der Waals surface area contributed by atoms with Crippen molar-refractivity contribution < 1.29 is 22.7 Å². The van der Waals surface area contributed by atoms with E-state index in [1.807, 2.05) is 12.1 Å². The summed E-state index contributed by atoms with van der Waals surface area (Å²) in [6.07, 6.45) is 0. The van der Waals surface area contributed by atoms with E-state index in [0.717, 1.165) is 17.8 Å². The molecule has 11 heteroatoms. The van der Waals surface area contributed by atoms with Crippen LogP contribution in [-0.2, 0) is 10.0 Å². The number of nitrogens with zero attached hydrogens (tertiary/aromatic N) is 4. The van der Waals surface area contributed by atoms with Gasteiger partial charge in [0.05, 0.1) is 24.8 Å². The monoisotopic (exact) mass is 582 g/mol. The van der Waals surface area contributed by atoms with E-state index in [2.05, 4.69) is 18.7 Å². The number of amides is 1. The van der Waals surface area contributed by atoms with Crippen molar-refractivity contribution >= 4 is 48.3 Å². The van der Waals surface area contributed by atoms with Gasteiger partial charge < -0.3 is 14.4 Å². The van der Waals surface area contributed by atoms with E-state index in [4.69, 9.17) is 14.5 Å². The van der Waals surface area contributed by atoms with Crippen molar-refractivity contribution in [1.29, 1.82) is 0 Å². The van der Waals surface area contributed by atoms with Gasteiger partial charge in [-0.15, -0.1) is 0 Å². The highest BCUT2D eigenvalue weighted by molar-refractivity contribution is 7.92. The van der Waals surface area contributed by atoms with Crippen molar-refractivity contribution in [3.63, 3.8) is 0 Å². The Labute approximate surface area is 239 Å². The fraction of sp³-hybridized carbons (Fsp3) is 0.310. The van der Waals surface area contributed by atoms with Gasteiger partial charge in [-0.3, -0.25) is 14.0 Å². The Morgan fingerprint density at radius 3 is 2.10 bits per heavy atom. The van der Waals surface area contributed by atoms with E-state index in [9.17, 15) is 13.2 Å². The maximum atomic E-state index is 13.9. The highest BCUT2D eigenvalue weighted by Gasteiger charge is 2.26. The Morgan fingerprint density at radius 2 is 1.50 bits per heavy atom. The van der Waals surface area contributed by atoms with E-state index >= 15 is 0 Å². The molecule has 0 N–H and O–H groups in total. The summed E-state index contributed by atoms with van der Waals surface area (Å²) < 4.78 is 39.5. The van der Waals surface area contributed by atoms with Crippen molar-refractivity contribution in [2.75, 3.05) is 56.7 Å². The zero-order valence-electron chi connectivity index (χ0n) is 23.3. The predicted octanol–water partition coefficient (Wildman–Crippen LogP) is 5.13. The van der Waals surface area contributed by atoms with Gasteiger partial charge in [0.2, 0.25) is 0 Å². The Balaban J connectivity index is 1.69. The summed E-state index contributed by atoms with van der Waals surface area (Å²) in [5.41, 5.74) is 1.53. The third-order valence-electron chi connectivity index (χ3n) is 6.79. The zero-order chi connectivity index (χ0) is 28.9. The lowest BCUT2D eigenvalue weighted by atomic mass is 10.2. The van der Waals surface area contributed by atoms with Crippen molar-refractivity contribution in [1.82, 2.24) is 9.88 Å². The number of aromatic nitrogens is 1. The number of para-hydroxylation sites is 1. The Bertz CT molecular complexity index is 1510. The Kier molecular flexibility index (Phi) is 9.28. The van der Waals surface area contributed by atoms with Crippen LogP contribution in [0, 0.1) is 0 Å². The standard InChI is InChI=1S/C29H34N4O5S2/c1-6-32(7-2)19-20-33(29-30-26-24(37-4)17-18-25(38-5)27(26)39-29)28(34)21-13-15-23(16-14-21)40(35,36)31(3)22-11-9-8-10-12-22/h8-18H,6-7,19-20H2,1-5H3. The van der Waals surface area contributed by atoms with Gasteiger partial charge in [0, 0.05) is 25.7 Å². The first-order valence-electron chi connectivity index (χ1n) is 12.9. The molecule has 40 heavy (non-hydrogen) atoms. The molecule has 1 amide bonds. The molecule has 9 nitrogen and oxygen atoms in total. The second kappa shape index (κ2) is 12.7. The van der Waals surface area contributed by atoms with Crippen molar-refractivity contribution in [3.05, 3.63) is 72.3 Å². The smallest absolute Gasteiger partial charge is 0.264 e. The van der Waals surface area contributed by atoms with Crippen LogP contribution in [0.5, 0.6) is 11.5 Å². The maximum Gasteiger partial charge on any atom is 0.264 e. The second-order valence-corrected chi connectivity index (χ2v) is 11.9. The quantitative estimate of drug-likeness (QED) is 0.229. The van der Waals surface area contributed by atoms with Crippen molar-refractivity contribution in [2.45, 2.75) is 18.7 Å². The SMILES string of the molecule is CCN(CC)CCN(C(=O)c1ccc(S(=O)(=O)N(C)c2ccccc2)cc1)c1nc2c(OC)ccc(OC)c2s1. The minimum Gasteiger partial charge on any atom is -0.495 e. The number of ether oxygens (including phenoxy) is 2. The number of hydrogen-bond donors (Lipinski definition) is 0. The van der Waals surface area contributed by atoms with Crippen LogP contribution >= 0.6 is 11.3 Å². The summed E-state index contributed by atoms with van der Waals surface area (Å²) in [6.45, 7) is 6.91. The third-order valence-corrected chi connectivity index (χ3v) is 9.68. The van der Waals surface area contributed by atoms with Crippen LogP contribution in [0.25, 0.3) is 10.2 Å². The normalized spacial score (nSPS) is 11.6. The second-order valence-electron chi connectivity index (χ2n) is 8.96. The number of methoxy groups -OCH3 is 2. The number of carbonyl (C=O) groups excluding carboxylic acids is 1. The van der Waals surface area contributed by atoms with Gasteiger partial charge >= 0.3 is 0 Å². The predicted molar refractivity (Wildman–Crippen MR) is 161 cm³/mol. The summed E-state index contributed by atoms with van der Waals surface area (Å²) >= 11 is 1.35. The molecule has 212 valence electrons. The number of anilines is 2. The van der Waals surface area contributed by atoms with Crippen LogP contribution in [0.2, 0.25) is 0 Å². The molecule has 0 aliphatic rings. The summed E-state index contributed by atoms with van der Waals surface area (Å²) in [7, 11) is 0.874. The molecule has 0 bridgehead atoms. The van der Waals surface area contributed by atoms with Crippen LogP contribution in [0.15, 0.2) is 71.6 Å². The molecule has 0 saturated carbocycles. The van der Waals surface area contributed by atoms with Gasteiger partial charge in [0.25, 0.3) is 15.9 Å². The maximum absolute atomic E-state index is 13.9. The van der Waals surface area contributed by atoms with Crippen LogP contribution in [0.1, 0.15) is 24.2 Å². The molecule has 0 aliphatic heterocycles. The summed E-state index contributed by atoms with van der Waals surface area (Å²) in [4.78, 5) is 22.6. The minimum absolute atomic E-state index is 0.0968. The van der Waals surface area contributed by atoms with E-state index < -0.39 is 10.0 Å². The van der Waals surface area contributed by atoms with Crippen molar-refractivity contribution in [3.8, 4) is 11.5 Å². The number of carbonyl (C=O) groups is 1.